The van der Waals surface area contributed by atoms with Crippen LogP contribution >= 0.6 is 11.8 Å². The highest BCUT2D eigenvalue weighted by Crippen LogP contribution is 2.43. The zero-order valence-corrected chi connectivity index (χ0v) is 10.2. The Balaban J connectivity index is 2.24. The number of rotatable bonds is 2. The van der Waals surface area contributed by atoms with Gasteiger partial charge in [0.1, 0.15) is 0 Å². The van der Waals surface area contributed by atoms with E-state index in [1.165, 1.54) is 11.9 Å². The van der Waals surface area contributed by atoms with Crippen LogP contribution in [0.1, 0.15) is 6.42 Å². The van der Waals surface area contributed by atoms with Gasteiger partial charge in [-0.1, -0.05) is 30.0 Å². The highest BCUT2D eigenvalue weighted by atomic mass is 32.2. The molecule has 1 saturated heterocycles. The second-order valence-corrected chi connectivity index (χ2v) is 5.31. The lowest BCUT2D eigenvalue weighted by atomic mass is 10.1. The number of likely N-dealkylation sites (tertiary alicyclic amines) is 1. The summed E-state index contributed by atoms with van der Waals surface area (Å²) in [6.07, 6.45) is -1.71. The first-order valence-electron chi connectivity index (χ1n) is 5.36. The van der Waals surface area contributed by atoms with Gasteiger partial charge in [0, 0.05) is 24.9 Å². The first-order chi connectivity index (χ1) is 8.04. The Morgan fingerprint density at radius 3 is 2.71 bits per heavy atom. The van der Waals surface area contributed by atoms with Crippen molar-refractivity contribution < 1.29 is 13.6 Å². The Labute approximate surface area is 103 Å². The number of piperidine rings is 1. The molecule has 2 nitrogen and oxygen atoms in total. The van der Waals surface area contributed by atoms with Crippen LogP contribution in [0.15, 0.2) is 35.2 Å². The van der Waals surface area contributed by atoms with Crippen LogP contribution in [0.4, 0.5) is 8.78 Å². The average molecular weight is 257 g/mol. The molecule has 0 unspecified atom stereocenters. The van der Waals surface area contributed by atoms with E-state index in [0.717, 1.165) is 0 Å². The predicted molar refractivity (Wildman–Crippen MR) is 63.3 cm³/mol. The fourth-order valence-corrected chi connectivity index (χ4v) is 2.88. The number of nitrogens with zero attached hydrogens (tertiary/aromatic N) is 1. The molecule has 1 fully saturated rings. The van der Waals surface area contributed by atoms with E-state index >= 15 is 0 Å². The molecular weight excluding hydrogens is 244 g/mol. The fraction of sp³-hybridized carbons (Fsp3) is 0.417. The fourth-order valence-electron chi connectivity index (χ4n) is 1.76. The Hall–Kier alpha value is -1.10. The molecule has 1 aromatic carbocycles. The molecule has 0 aromatic heterocycles. The number of thioether (sulfide) groups is 1. The smallest absolute Gasteiger partial charge is 0.274 e. The molecule has 0 radical (unpaired) electrons. The minimum Gasteiger partial charge on any atom is -0.342 e. The molecule has 1 amide bonds. The van der Waals surface area contributed by atoms with Crippen molar-refractivity contribution in [3.8, 4) is 0 Å². The van der Waals surface area contributed by atoms with E-state index < -0.39 is 17.1 Å². The van der Waals surface area contributed by atoms with Crippen LogP contribution in [0.25, 0.3) is 0 Å². The Morgan fingerprint density at radius 1 is 1.41 bits per heavy atom. The molecule has 0 aliphatic carbocycles. The molecule has 0 bridgehead atoms. The molecule has 1 aliphatic rings. The summed E-state index contributed by atoms with van der Waals surface area (Å²) < 4.78 is 28.2. The first kappa shape index (κ1) is 12.4. The summed E-state index contributed by atoms with van der Waals surface area (Å²) in [5.74, 6) is -0.787. The SMILES string of the molecule is CN1CC[C@@H](F)[C@@](F)(Sc2ccccc2)C1=O. The minimum atomic E-state index is -2.49. The molecule has 92 valence electrons. The summed E-state index contributed by atoms with van der Waals surface area (Å²) >= 11 is 0.654. The van der Waals surface area contributed by atoms with Crippen molar-refractivity contribution in [1.29, 1.82) is 0 Å². The van der Waals surface area contributed by atoms with Crippen LogP contribution in [-0.2, 0) is 4.79 Å². The number of amides is 1. The van der Waals surface area contributed by atoms with Crippen molar-refractivity contribution in [2.24, 2.45) is 0 Å². The zero-order valence-electron chi connectivity index (χ0n) is 9.40. The van der Waals surface area contributed by atoms with Crippen LogP contribution in [-0.4, -0.2) is 35.6 Å². The molecule has 2 atom stereocenters. The van der Waals surface area contributed by atoms with Gasteiger partial charge in [-0.05, 0) is 12.1 Å². The standard InChI is InChI=1S/C12H13F2NOS/c1-15-8-7-10(13)12(14,11(15)16)17-9-5-3-2-4-6-9/h2-6,10H,7-8H2,1H3/t10-,12-/m1/s1. The third-order valence-electron chi connectivity index (χ3n) is 2.77. The van der Waals surface area contributed by atoms with E-state index in [9.17, 15) is 13.6 Å². The second-order valence-electron chi connectivity index (χ2n) is 4.04. The lowest BCUT2D eigenvalue weighted by Gasteiger charge is -2.36. The Bertz CT molecular complexity index is 414. The highest BCUT2D eigenvalue weighted by molar-refractivity contribution is 8.01. The van der Waals surface area contributed by atoms with Crippen LogP contribution < -0.4 is 0 Å². The van der Waals surface area contributed by atoms with E-state index in [1.54, 1.807) is 30.3 Å². The zero-order chi connectivity index (χ0) is 12.5. The number of alkyl halides is 2. The molecular formula is C12H13F2NOS. The largest absolute Gasteiger partial charge is 0.342 e. The third kappa shape index (κ3) is 2.29. The summed E-state index contributed by atoms with van der Waals surface area (Å²) in [6, 6.07) is 8.59. The van der Waals surface area contributed by atoms with E-state index in [2.05, 4.69) is 0 Å². The maximum Gasteiger partial charge on any atom is 0.274 e. The third-order valence-corrected chi connectivity index (χ3v) is 4.00. The van der Waals surface area contributed by atoms with Crippen molar-refractivity contribution in [3.63, 3.8) is 0 Å². The summed E-state index contributed by atoms with van der Waals surface area (Å²) in [7, 11) is 1.49. The van der Waals surface area contributed by atoms with Gasteiger partial charge in [0.05, 0.1) is 0 Å². The summed E-state index contributed by atoms with van der Waals surface area (Å²) in [5.41, 5.74) is 0. The van der Waals surface area contributed by atoms with Crippen molar-refractivity contribution in [2.45, 2.75) is 22.5 Å². The van der Waals surface area contributed by atoms with Crippen molar-refractivity contribution in [3.05, 3.63) is 30.3 Å². The van der Waals surface area contributed by atoms with Gasteiger partial charge < -0.3 is 4.90 Å². The van der Waals surface area contributed by atoms with Crippen LogP contribution in [0.2, 0.25) is 0 Å². The van der Waals surface area contributed by atoms with Crippen LogP contribution in [0.3, 0.4) is 0 Å². The lowest BCUT2D eigenvalue weighted by molar-refractivity contribution is -0.144. The lowest BCUT2D eigenvalue weighted by Crippen LogP contribution is -2.53. The highest BCUT2D eigenvalue weighted by Gasteiger charge is 2.52. The molecule has 2 rings (SSSR count). The molecule has 0 N–H and O–H groups in total. The summed E-state index contributed by atoms with van der Waals surface area (Å²) in [5, 5.41) is -2.49. The first-order valence-corrected chi connectivity index (χ1v) is 6.18. The molecule has 0 saturated carbocycles. The van der Waals surface area contributed by atoms with Gasteiger partial charge >= 0.3 is 0 Å². The molecule has 5 heteroatoms. The van der Waals surface area contributed by atoms with E-state index in [-0.39, 0.29) is 13.0 Å². The number of carbonyl (C=O) groups is 1. The number of benzene rings is 1. The summed E-state index contributed by atoms with van der Waals surface area (Å²) in [6.45, 7) is 0.265. The number of hydrogen-bond donors (Lipinski definition) is 0. The maximum atomic E-state index is 14.5. The number of hydrogen-bond acceptors (Lipinski definition) is 2. The van der Waals surface area contributed by atoms with Crippen LogP contribution in [0, 0.1) is 0 Å². The van der Waals surface area contributed by atoms with Crippen molar-refractivity contribution in [1.82, 2.24) is 4.90 Å². The molecule has 0 spiro atoms. The Kier molecular flexibility index (Phi) is 3.38. The number of carbonyl (C=O) groups excluding carboxylic acids is 1. The molecule has 1 aliphatic heterocycles. The van der Waals surface area contributed by atoms with Gasteiger partial charge in [0.15, 0.2) is 6.17 Å². The topological polar surface area (TPSA) is 20.3 Å². The normalized spacial score (nSPS) is 29.5. The van der Waals surface area contributed by atoms with Gasteiger partial charge in [-0.2, -0.15) is 0 Å². The number of halogens is 2. The molecule has 1 aromatic rings. The van der Waals surface area contributed by atoms with Gasteiger partial charge in [-0.15, -0.1) is 0 Å². The second kappa shape index (κ2) is 4.64. The van der Waals surface area contributed by atoms with E-state index in [4.69, 9.17) is 0 Å². The summed E-state index contributed by atoms with van der Waals surface area (Å²) in [4.78, 5) is 13.6. The van der Waals surface area contributed by atoms with Crippen molar-refractivity contribution in [2.75, 3.05) is 13.6 Å². The Morgan fingerprint density at radius 2 is 2.06 bits per heavy atom. The van der Waals surface area contributed by atoms with Gasteiger partial charge in [-0.3, -0.25) is 4.79 Å². The van der Waals surface area contributed by atoms with E-state index in [0.29, 0.717) is 16.7 Å². The van der Waals surface area contributed by atoms with Gasteiger partial charge in [0.25, 0.3) is 10.9 Å². The predicted octanol–water partition coefficient (Wildman–Crippen LogP) is 2.64. The minimum absolute atomic E-state index is 0.0403. The van der Waals surface area contributed by atoms with Gasteiger partial charge in [0.2, 0.25) is 0 Å². The quantitative estimate of drug-likeness (QED) is 0.811. The molecule has 1 heterocycles. The monoisotopic (exact) mass is 257 g/mol. The maximum absolute atomic E-state index is 14.5. The van der Waals surface area contributed by atoms with E-state index in [1.807, 2.05) is 0 Å². The van der Waals surface area contributed by atoms with Gasteiger partial charge in [-0.25, -0.2) is 8.78 Å². The van der Waals surface area contributed by atoms with Crippen LogP contribution in [0.5, 0.6) is 0 Å². The van der Waals surface area contributed by atoms with Crippen molar-refractivity contribution >= 4 is 17.7 Å². The average Bonchev–Trinajstić information content (AvgIpc) is 2.34. The molecule has 17 heavy (non-hydrogen) atoms.